The standard InChI is InChI=1S/C27H30ClN3O3/c28-23-6-4-5-22(15-23)27(12-2-1-3-13-27)14-11-24-29-25(30-34-24)20-9-7-19(8-10-20)16-31-17-21(18-31)26(32)33/h4-10,15,21H,1-3,11-14,16-18H2,(H,32,33). The third-order valence-corrected chi connectivity index (χ3v) is 7.69. The number of aryl methyl sites for hydroxylation is 1. The highest BCUT2D eigenvalue weighted by Crippen LogP contribution is 2.43. The van der Waals surface area contributed by atoms with Crippen LogP contribution in [0.2, 0.25) is 5.02 Å². The van der Waals surface area contributed by atoms with E-state index >= 15 is 0 Å². The third-order valence-electron chi connectivity index (χ3n) is 7.46. The first kappa shape index (κ1) is 23.1. The van der Waals surface area contributed by atoms with Crippen LogP contribution in [0.1, 0.15) is 55.5 Å². The maximum Gasteiger partial charge on any atom is 0.309 e. The predicted octanol–water partition coefficient (Wildman–Crippen LogP) is 5.74. The van der Waals surface area contributed by atoms with Crippen molar-refractivity contribution in [2.45, 2.75) is 56.9 Å². The molecule has 1 saturated carbocycles. The summed E-state index contributed by atoms with van der Waals surface area (Å²) in [6.45, 7) is 1.98. The van der Waals surface area contributed by atoms with Crippen molar-refractivity contribution >= 4 is 17.6 Å². The van der Waals surface area contributed by atoms with Crippen LogP contribution in [0.15, 0.2) is 53.1 Å². The monoisotopic (exact) mass is 479 g/mol. The van der Waals surface area contributed by atoms with Crippen molar-refractivity contribution in [1.82, 2.24) is 15.0 Å². The van der Waals surface area contributed by atoms with Gasteiger partial charge in [-0.05, 0) is 47.9 Å². The Kier molecular flexibility index (Phi) is 6.70. The number of aliphatic carboxylic acids is 1. The van der Waals surface area contributed by atoms with Gasteiger partial charge in [-0.25, -0.2) is 0 Å². The lowest BCUT2D eigenvalue weighted by Gasteiger charge is -2.38. The number of hydrogen-bond acceptors (Lipinski definition) is 5. The van der Waals surface area contributed by atoms with Gasteiger partial charge in [-0.15, -0.1) is 0 Å². The maximum absolute atomic E-state index is 11.0. The molecule has 1 aromatic heterocycles. The number of rotatable bonds is 8. The van der Waals surface area contributed by atoms with Crippen LogP contribution in [0.3, 0.4) is 0 Å². The zero-order valence-electron chi connectivity index (χ0n) is 19.3. The van der Waals surface area contributed by atoms with Crippen LogP contribution in [0.25, 0.3) is 11.4 Å². The van der Waals surface area contributed by atoms with Crippen molar-refractivity contribution in [3.05, 3.63) is 70.6 Å². The maximum atomic E-state index is 11.0. The average molecular weight is 480 g/mol. The van der Waals surface area contributed by atoms with Gasteiger partial charge in [0.1, 0.15) is 0 Å². The summed E-state index contributed by atoms with van der Waals surface area (Å²) in [5, 5.41) is 14.0. The number of benzene rings is 2. The second-order valence-electron chi connectivity index (χ2n) is 9.79. The van der Waals surface area contributed by atoms with Crippen LogP contribution in [0.5, 0.6) is 0 Å². The summed E-state index contributed by atoms with van der Waals surface area (Å²) in [5.41, 5.74) is 3.52. The first-order valence-corrected chi connectivity index (χ1v) is 12.5. The third kappa shape index (κ3) is 5.03. The molecule has 3 aromatic rings. The van der Waals surface area contributed by atoms with Crippen molar-refractivity contribution in [3.63, 3.8) is 0 Å². The van der Waals surface area contributed by atoms with Gasteiger partial charge in [0.05, 0.1) is 5.92 Å². The molecule has 1 aliphatic carbocycles. The van der Waals surface area contributed by atoms with Crippen LogP contribution in [-0.4, -0.2) is 39.2 Å². The highest BCUT2D eigenvalue weighted by atomic mass is 35.5. The van der Waals surface area contributed by atoms with Gasteiger partial charge in [-0.2, -0.15) is 4.98 Å². The average Bonchev–Trinajstić information content (AvgIpc) is 3.30. The van der Waals surface area contributed by atoms with Crippen molar-refractivity contribution < 1.29 is 14.4 Å². The van der Waals surface area contributed by atoms with Gasteiger partial charge >= 0.3 is 5.97 Å². The van der Waals surface area contributed by atoms with E-state index in [1.54, 1.807) is 0 Å². The van der Waals surface area contributed by atoms with Crippen molar-refractivity contribution in [2.24, 2.45) is 5.92 Å². The molecule has 2 aromatic carbocycles. The Morgan fingerprint density at radius 2 is 1.88 bits per heavy atom. The number of carbonyl (C=O) groups is 1. The van der Waals surface area contributed by atoms with Gasteiger partial charge in [0.2, 0.25) is 11.7 Å². The molecule has 0 unspecified atom stereocenters. The SMILES string of the molecule is O=C(O)C1CN(Cc2ccc(-c3noc(CCC4(c5cccc(Cl)c5)CCCCC4)n3)cc2)C1. The molecule has 178 valence electrons. The summed E-state index contributed by atoms with van der Waals surface area (Å²) >= 11 is 6.32. The molecule has 0 atom stereocenters. The lowest BCUT2D eigenvalue weighted by Crippen LogP contribution is -2.49. The zero-order chi connectivity index (χ0) is 23.5. The molecule has 2 aliphatic rings. The highest BCUT2D eigenvalue weighted by Gasteiger charge is 2.34. The van der Waals surface area contributed by atoms with Crippen molar-refractivity contribution in [1.29, 1.82) is 0 Å². The second kappa shape index (κ2) is 9.88. The van der Waals surface area contributed by atoms with Gasteiger partial charge in [-0.1, -0.05) is 72.4 Å². The predicted molar refractivity (Wildman–Crippen MR) is 131 cm³/mol. The van der Waals surface area contributed by atoms with E-state index < -0.39 is 5.97 Å². The first-order valence-electron chi connectivity index (χ1n) is 12.1. The van der Waals surface area contributed by atoms with Gasteiger partial charge in [0.15, 0.2) is 0 Å². The summed E-state index contributed by atoms with van der Waals surface area (Å²) in [7, 11) is 0. The summed E-state index contributed by atoms with van der Waals surface area (Å²) in [6.07, 6.45) is 7.82. The summed E-state index contributed by atoms with van der Waals surface area (Å²) in [4.78, 5) is 17.8. The number of carboxylic acid groups (broad SMARTS) is 1. The fraction of sp³-hybridized carbons (Fsp3) is 0.444. The van der Waals surface area contributed by atoms with Gasteiger partial charge in [-0.3, -0.25) is 9.69 Å². The molecule has 6 nitrogen and oxygen atoms in total. The van der Waals surface area contributed by atoms with E-state index in [4.69, 9.17) is 21.2 Å². The Morgan fingerprint density at radius 1 is 1.12 bits per heavy atom. The largest absolute Gasteiger partial charge is 0.481 e. The fourth-order valence-electron chi connectivity index (χ4n) is 5.42. The molecule has 5 rings (SSSR count). The molecule has 34 heavy (non-hydrogen) atoms. The van der Waals surface area contributed by atoms with Crippen LogP contribution in [-0.2, 0) is 23.2 Å². The van der Waals surface area contributed by atoms with Crippen molar-refractivity contribution in [2.75, 3.05) is 13.1 Å². The van der Waals surface area contributed by atoms with Crippen molar-refractivity contribution in [3.8, 4) is 11.4 Å². The van der Waals surface area contributed by atoms with E-state index in [-0.39, 0.29) is 11.3 Å². The molecule has 1 N–H and O–H groups in total. The molecular formula is C27H30ClN3O3. The number of halogens is 1. The number of aromatic nitrogens is 2. The molecule has 0 amide bonds. The van der Waals surface area contributed by atoms with Crippen LogP contribution in [0, 0.1) is 5.92 Å². The van der Waals surface area contributed by atoms with E-state index in [1.165, 1.54) is 37.7 Å². The summed E-state index contributed by atoms with van der Waals surface area (Å²) in [5.74, 6) is 0.341. The topological polar surface area (TPSA) is 79.5 Å². The van der Waals surface area contributed by atoms with E-state index in [2.05, 4.69) is 45.4 Å². The Hall–Kier alpha value is -2.70. The summed E-state index contributed by atoms with van der Waals surface area (Å²) in [6, 6.07) is 16.4. The van der Waals surface area contributed by atoms with Crippen LogP contribution < -0.4 is 0 Å². The molecule has 1 aliphatic heterocycles. The van der Waals surface area contributed by atoms with E-state index in [9.17, 15) is 4.79 Å². The molecule has 0 spiro atoms. The number of hydrogen-bond donors (Lipinski definition) is 1. The van der Waals surface area contributed by atoms with Gasteiger partial charge < -0.3 is 9.63 Å². The quantitative estimate of drug-likeness (QED) is 0.443. The number of likely N-dealkylation sites (tertiary alicyclic amines) is 1. The number of nitrogens with zero attached hydrogens (tertiary/aromatic N) is 3. The Balaban J connectivity index is 1.22. The fourth-order valence-corrected chi connectivity index (χ4v) is 5.61. The van der Waals surface area contributed by atoms with Crippen LogP contribution in [0.4, 0.5) is 0 Å². The molecule has 1 saturated heterocycles. The van der Waals surface area contributed by atoms with Gasteiger partial charge in [0, 0.05) is 36.6 Å². The molecular weight excluding hydrogens is 450 g/mol. The molecule has 2 heterocycles. The van der Waals surface area contributed by atoms with Gasteiger partial charge in [0.25, 0.3) is 0 Å². The first-order chi connectivity index (χ1) is 16.5. The minimum absolute atomic E-state index is 0.121. The minimum atomic E-state index is -0.707. The normalized spacial score (nSPS) is 18.5. The minimum Gasteiger partial charge on any atom is -0.481 e. The second-order valence-corrected chi connectivity index (χ2v) is 10.2. The molecule has 2 fully saturated rings. The number of carboxylic acids is 1. The van der Waals surface area contributed by atoms with Crippen LogP contribution >= 0.6 is 11.6 Å². The van der Waals surface area contributed by atoms with E-state index in [1.807, 2.05) is 18.2 Å². The lowest BCUT2D eigenvalue weighted by molar-refractivity contribution is -0.147. The highest BCUT2D eigenvalue weighted by molar-refractivity contribution is 6.30. The zero-order valence-corrected chi connectivity index (χ0v) is 20.0. The molecule has 7 heteroatoms. The molecule has 0 bridgehead atoms. The smallest absolute Gasteiger partial charge is 0.309 e. The Bertz CT molecular complexity index is 1130. The molecule has 0 radical (unpaired) electrons. The lowest BCUT2D eigenvalue weighted by atomic mass is 9.67. The van der Waals surface area contributed by atoms with E-state index in [0.717, 1.165) is 35.5 Å². The summed E-state index contributed by atoms with van der Waals surface area (Å²) < 4.78 is 5.62. The van der Waals surface area contributed by atoms with E-state index in [0.29, 0.717) is 24.8 Å². The Morgan fingerprint density at radius 3 is 2.59 bits per heavy atom. The Labute approximate surface area is 204 Å².